The van der Waals surface area contributed by atoms with Crippen LogP contribution >= 0.6 is 12.4 Å². The third kappa shape index (κ3) is 3.94. The van der Waals surface area contributed by atoms with Crippen LogP contribution < -0.4 is 16.4 Å². The molecule has 1 spiro atoms. The molecule has 0 radical (unpaired) electrons. The van der Waals surface area contributed by atoms with Gasteiger partial charge in [0.1, 0.15) is 0 Å². The Morgan fingerprint density at radius 1 is 0.926 bits per heavy atom. The maximum absolute atomic E-state index is 13.0. The van der Waals surface area contributed by atoms with E-state index in [4.69, 9.17) is 0 Å². The minimum atomic E-state index is -0.704. The fraction of sp³-hybridized carbons (Fsp3) is 0.526. The van der Waals surface area contributed by atoms with Gasteiger partial charge in [-0.2, -0.15) is 0 Å². The first-order chi connectivity index (χ1) is 12.6. The summed E-state index contributed by atoms with van der Waals surface area (Å²) in [5, 5.41) is 3.43. The van der Waals surface area contributed by atoms with Gasteiger partial charge < -0.3 is 20.2 Å². The molecule has 8 heteroatoms. The summed E-state index contributed by atoms with van der Waals surface area (Å²) >= 11 is 0. The van der Waals surface area contributed by atoms with Gasteiger partial charge in [0.25, 0.3) is 5.91 Å². The van der Waals surface area contributed by atoms with Crippen LogP contribution in [0.2, 0.25) is 0 Å². The molecule has 0 aliphatic carbocycles. The van der Waals surface area contributed by atoms with Gasteiger partial charge in [-0.15, -0.1) is 12.4 Å². The van der Waals surface area contributed by atoms with Crippen molar-refractivity contribution in [3.63, 3.8) is 0 Å². The fourth-order valence-electron chi connectivity index (χ4n) is 4.34. The average Bonchev–Trinajstić information content (AvgIpc) is 2.85. The molecule has 2 aliphatic rings. The number of aromatic nitrogens is 2. The van der Waals surface area contributed by atoms with Gasteiger partial charge >= 0.3 is 11.1 Å². The number of hydrogen-bond acceptors (Lipinski definition) is 4. The molecule has 1 aromatic heterocycles. The summed E-state index contributed by atoms with van der Waals surface area (Å²) in [4.78, 5) is 42.9. The first-order valence-electron chi connectivity index (χ1n) is 9.33. The fourth-order valence-corrected chi connectivity index (χ4v) is 4.34. The average molecular weight is 393 g/mol. The van der Waals surface area contributed by atoms with Crippen LogP contribution in [0.25, 0.3) is 11.0 Å². The first-order valence-corrected chi connectivity index (χ1v) is 9.33. The Balaban J connectivity index is 0.00000210. The number of halogens is 1. The maximum Gasteiger partial charge on any atom is 0.314 e. The number of piperidine rings is 1. The maximum atomic E-state index is 13.0. The van der Waals surface area contributed by atoms with Crippen molar-refractivity contribution in [3.05, 3.63) is 44.5 Å². The van der Waals surface area contributed by atoms with Crippen molar-refractivity contribution in [2.75, 3.05) is 26.2 Å². The number of nitrogens with one attached hydrogen (secondary N) is 3. The number of fused-ring (bicyclic) bond motifs is 1. The molecule has 27 heavy (non-hydrogen) atoms. The third-order valence-corrected chi connectivity index (χ3v) is 5.97. The number of hydrogen-bond donors (Lipinski definition) is 3. The standard InChI is InChI=1S/C19H24N4O3.ClH/c24-16-17(25)22-15-12-13(2-3-14(15)21-16)18(26)23-10-1-4-19(7-11-23)5-8-20-9-6-19;/h2-3,12,20H,1,4-11H2,(H,21,24)(H,22,25);1H. The van der Waals surface area contributed by atoms with E-state index in [-0.39, 0.29) is 18.3 Å². The van der Waals surface area contributed by atoms with Crippen molar-refractivity contribution in [2.24, 2.45) is 5.41 Å². The van der Waals surface area contributed by atoms with Gasteiger partial charge in [-0.3, -0.25) is 14.4 Å². The Hall–Kier alpha value is -2.12. The van der Waals surface area contributed by atoms with Crippen molar-refractivity contribution in [3.8, 4) is 0 Å². The van der Waals surface area contributed by atoms with Gasteiger partial charge in [0.05, 0.1) is 11.0 Å². The predicted molar refractivity (Wildman–Crippen MR) is 107 cm³/mol. The van der Waals surface area contributed by atoms with Crippen LogP contribution in [-0.4, -0.2) is 47.0 Å². The molecule has 146 valence electrons. The smallest absolute Gasteiger partial charge is 0.314 e. The lowest BCUT2D eigenvalue weighted by atomic mass is 9.73. The molecule has 2 saturated heterocycles. The van der Waals surface area contributed by atoms with E-state index >= 15 is 0 Å². The monoisotopic (exact) mass is 392 g/mol. The molecular weight excluding hydrogens is 368 g/mol. The van der Waals surface area contributed by atoms with Crippen LogP contribution in [0.3, 0.4) is 0 Å². The molecule has 3 N–H and O–H groups in total. The van der Waals surface area contributed by atoms with Gasteiger partial charge in [0.2, 0.25) is 0 Å². The van der Waals surface area contributed by atoms with E-state index in [1.807, 2.05) is 4.90 Å². The third-order valence-electron chi connectivity index (χ3n) is 5.97. The highest BCUT2D eigenvalue weighted by atomic mass is 35.5. The van der Waals surface area contributed by atoms with E-state index in [0.29, 0.717) is 22.0 Å². The SMILES string of the molecule is Cl.O=C(c1ccc2[nH]c(=O)c(=O)[nH]c2c1)N1CCCC2(CCNCC2)CC1. The zero-order chi connectivity index (χ0) is 18.1. The summed E-state index contributed by atoms with van der Waals surface area (Å²) in [6.07, 6.45) is 5.66. The Morgan fingerprint density at radius 2 is 1.63 bits per heavy atom. The summed E-state index contributed by atoms with van der Waals surface area (Å²) in [6.45, 7) is 3.70. The van der Waals surface area contributed by atoms with E-state index < -0.39 is 11.1 Å². The van der Waals surface area contributed by atoms with E-state index in [1.54, 1.807) is 18.2 Å². The molecule has 2 aliphatic heterocycles. The number of benzene rings is 1. The van der Waals surface area contributed by atoms with Crippen LogP contribution in [0.5, 0.6) is 0 Å². The normalized spacial score (nSPS) is 19.5. The van der Waals surface area contributed by atoms with E-state index in [0.717, 1.165) is 39.0 Å². The Kier molecular flexibility index (Phi) is 5.72. The number of rotatable bonds is 1. The summed E-state index contributed by atoms with van der Waals surface area (Å²) in [6, 6.07) is 5.04. The van der Waals surface area contributed by atoms with Crippen LogP contribution in [0.1, 0.15) is 42.5 Å². The van der Waals surface area contributed by atoms with Gasteiger partial charge in [0, 0.05) is 18.7 Å². The molecule has 1 aromatic carbocycles. The first kappa shape index (κ1) is 19.6. The van der Waals surface area contributed by atoms with E-state index in [9.17, 15) is 14.4 Å². The Morgan fingerprint density at radius 3 is 2.37 bits per heavy atom. The number of likely N-dealkylation sites (tertiary alicyclic amines) is 1. The zero-order valence-corrected chi connectivity index (χ0v) is 16.0. The number of aromatic amines is 2. The molecule has 7 nitrogen and oxygen atoms in total. The van der Waals surface area contributed by atoms with Crippen LogP contribution in [-0.2, 0) is 0 Å². The number of carbonyl (C=O) groups excluding carboxylic acids is 1. The lowest BCUT2D eigenvalue weighted by Gasteiger charge is -2.37. The molecular formula is C19H25ClN4O3. The second-order valence-corrected chi connectivity index (χ2v) is 7.56. The number of carbonyl (C=O) groups is 1. The van der Waals surface area contributed by atoms with Crippen molar-refractivity contribution in [1.29, 1.82) is 0 Å². The highest BCUT2D eigenvalue weighted by Crippen LogP contribution is 2.39. The molecule has 4 rings (SSSR count). The van der Waals surface area contributed by atoms with Crippen molar-refractivity contribution in [2.45, 2.75) is 32.1 Å². The summed E-state index contributed by atoms with van der Waals surface area (Å²) in [7, 11) is 0. The Labute approximate surface area is 163 Å². The van der Waals surface area contributed by atoms with Crippen LogP contribution in [0, 0.1) is 5.41 Å². The summed E-state index contributed by atoms with van der Waals surface area (Å²) in [5.41, 5.74) is 0.539. The number of amides is 1. The minimum Gasteiger partial charge on any atom is -0.339 e. The van der Waals surface area contributed by atoms with Crippen molar-refractivity contribution < 1.29 is 4.79 Å². The van der Waals surface area contributed by atoms with Gasteiger partial charge in [-0.1, -0.05) is 0 Å². The molecule has 0 bridgehead atoms. The molecule has 2 fully saturated rings. The zero-order valence-electron chi connectivity index (χ0n) is 15.2. The summed E-state index contributed by atoms with van der Waals surface area (Å²) in [5.74, 6) is -0.00932. The molecule has 0 unspecified atom stereocenters. The highest BCUT2D eigenvalue weighted by Gasteiger charge is 2.34. The number of nitrogens with zero attached hydrogens (tertiary/aromatic N) is 1. The van der Waals surface area contributed by atoms with Crippen LogP contribution in [0.4, 0.5) is 0 Å². The second-order valence-electron chi connectivity index (χ2n) is 7.56. The second kappa shape index (κ2) is 7.86. The molecule has 3 heterocycles. The molecule has 0 saturated carbocycles. The topological polar surface area (TPSA) is 98.1 Å². The lowest BCUT2D eigenvalue weighted by molar-refractivity contribution is 0.0750. The summed E-state index contributed by atoms with van der Waals surface area (Å²) < 4.78 is 0. The quantitative estimate of drug-likeness (QED) is 0.642. The molecule has 2 aromatic rings. The van der Waals surface area contributed by atoms with Crippen molar-refractivity contribution in [1.82, 2.24) is 20.2 Å². The number of H-pyrrole nitrogens is 2. The Bertz CT molecular complexity index is 946. The molecule has 0 atom stereocenters. The highest BCUT2D eigenvalue weighted by molar-refractivity contribution is 5.97. The van der Waals surface area contributed by atoms with E-state index in [2.05, 4.69) is 15.3 Å². The van der Waals surface area contributed by atoms with Gasteiger partial charge in [-0.25, -0.2) is 0 Å². The van der Waals surface area contributed by atoms with Crippen LogP contribution in [0.15, 0.2) is 27.8 Å². The van der Waals surface area contributed by atoms with Gasteiger partial charge in [0.15, 0.2) is 0 Å². The lowest BCUT2D eigenvalue weighted by Crippen LogP contribution is -2.38. The van der Waals surface area contributed by atoms with Gasteiger partial charge in [-0.05, 0) is 68.8 Å². The van der Waals surface area contributed by atoms with Crippen molar-refractivity contribution >= 4 is 29.3 Å². The van der Waals surface area contributed by atoms with E-state index in [1.165, 1.54) is 19.3 Å². The minimum absolute atomic E-state index is 0. The predicted octanol–water partition coefficient (Wildman–Crippen LogP) is 1.63. The molecule has 1 amide bonds. The largest absolute Gasteiger partial charge is 0.339 e.